The number of carbonyl (C=O) groups excluding carboxylic acids is 5. The third kappa shape index (κ3) is 24.1. The minimum atomic E-state index is -0.458. The second-order valence-electron chi connectivity index (χ2n) is 28.8. The Balaban J connectivity index is 0.000000266. The van der Waals surface area contributed by atoms with E-state index in [0.717, 1.165) is 140 Å². The minimum Gasteiger partial charge on any atom is -0.379 e. The molecule has 0 aromatic carbocycles. The highest BCUT2D eigenvalue weighted by atomic mass is 16.5. The number of fused-ring (bicyclic) bond motifs is 5. The summed E-state index contributed by atoms with van der Waals surface area (Å²) in [7, 11) is 14.8. The summed E-state index contributed by atoms with van der Waals surface area (Å²) in [5.74, 6) is -0.891. The van der Waals surface area contributed by atoms with Crippen LogP contribution in [0.4, 0.5) is 0 Å². The summed E-state index contributed by atoms with van der Waals surface area (Å²) in [5.41, 5.74) is -1.76. The third-order valence-corrected chi connectivity index (χ3v) is 20.2. The largest absolute Gasteiger partial charge is 0.379 e. The number of hydrogen-bond donors (Lipinski definition) is 5. The molecule has 0 bridgehead atoms. The van der Waals surface area contributed by atoms with E-state index < -0.39 is 56.2 Å². The molecule has 0 spiro atoms. The van der Waals surface area contributed by atoms with Gasteiger partial charge in [-0.2, -0.15) is 0 Å². The van der Waals surface area contributed by atoms with Gasteiger partial charge in [-0.1, -0.05) is 81.6 Å². The standard InChI is InChI=1S/C17H26N6O3.C16H24N6O4.2C14H21N5O3.C13H19N5O3.3CH4/c1-20-15-14(16(25)21(2)17(20)26)23(12-19-15)11-13(24)18-7-6-10-22-8-4-3-5-9-22;1-19-14-13(15(24)20(2)16(19)25)22(11-18-14)10-12(23)17-4-3-5-21-6-8-26-9-7-21;2*1-4-5-6-7-15-10(20)8-19-9-16-12-11(19)13(21)18(3)14(22)17(12)2;1-4-5-6-14-9(19)7-18-8-15-11-10(18)12(20)17(3)13(21)16(11)2;;;/h12H,3-11H2,1-2H3,(H,18,24);11H,3-10H2,1-2H3,(H,17,23);2*9H,4-8H2,1-3H3,(H,15,20);8H,4-7H2,1-3H3,(H,14,19);3*1H4. The number of piperidine rings is 1. The average Bonchev–Trinajstić information content (AvgIpc) is 1.62. The normalized spacial score (nSPS) is 12.7. The predicted octanol–water partition coefficient (Wildman–Crippen LogP) is -1.56. The third-order valence-electron chi connectivity index (χ3n) is 20.2. The van der Waals surface area contributed by atoms with Gasteiger partial charge in [-0.05, 0) is 71.1 Å². The van der Waals surface area contributed by atoms with E-state index in [1.165, 1.54) is 132 Å². The Labute approximate surface area is 691 Å². The molecule has 2 fully saturated rings. The first-order chi connectivity index (χ1) is 55.9. The lowest BCUT2D eigenvalue weighted by Gasteiger charge is -2.26. The lowest BCUT2D eigenvalue weighted by Crippen LogP contribution is -2.39. The van der Waals surface area contributed by atoms with Crippen LogP contribution in [-0.4, -0.2) is 218 Å². The Bertz CT molecular complexity index is 5550. The number of unbranched alkanes of at least 4 members (excludes halogenated alkanes) is 5. The Morgan fingerprint density at radius 3 is 0.750 bits per heavy atom. The monoisotopic (exact) mass is 1680 g/mol. The van der Waals surface area contributed by atoms with Gasteiger partial charge in [-0.25, -0.2) is 48.9 Å². The van der Waals surface area contributed by atoms with Crippen molar-refractivity contribution in [3.8, 4) is 0 Å². The molecule has 5 N–H and O–H groups in total. The fourth-order valence-electron chi connectivity index (χ4n) is 13.3. The van der Waals surface area contributed by atoms with Crippen molar-refractivity contribution in [3.05, 3.63) is 136 Å². The van der Waals surface area contributed by atoms with Crippen molar-refractivity contribution in [2.45, 2.75) is 159 Å². The van der Waals surface area contributed by atoms with Crippen molar-refractivity contribution < 1.29 is 28.7 Å². The van der Waals surface area contributed by atoms with Crippen LogP contribution in [0.1, 0.15) is 127 Å². The predicted molar refractivity (Wildman–Crippen MR) is 457 cm³/mol. The van der Waals surface area contributed by atoms with Crippen LogP contribution < -0.4 is 82.8 Å². The fraction of sp³-hybridized carbons (Fsp3) is 0.610. The van der Waals surface area contributed by atoms with Crippen LogP contribution in [0.2, 0.25) is 0 Å². The number of nitrogens with one attached hydrogen (secondary N) is 5. The van der Waals surface area contributed by atoms with E-state index in [-0.39, 0.29) is 140 Å². The Morgan fingerprint density at radius 1 is 0.300 bits per heavy atom. The highest BCUT2D eigenvalue weighted by molar-refractivity contribution is 5.82. The molecule has 0 atom stereocenters. The molecule has 10 aromatic heterocycles. The van der Waals surface area contributed by atoms with Crippen molar-refractivity contribution in [2.24, 2.45) is 70.5 Å². The minimum absolute atomic E-state index is 0. The highest BCUT2D eigenvalue weighted by Gasteiger charge is 2.23. The molecule has 2 aliphatic rings. The van der Waals surface area contributed by atoms with Crippen LogP contribution in [0.25, 0.3) is 55.8 Å². The molecule has 120 heavy (non-hydrogen) atoms. The SMILES string of the molecule is C.C.C.CCCCCNC(=O)Cn1cnc2c1c(=O)n(C)c(=O)n2C.CCCCCNC(=O)Cn1cnc2c1c(=O)n(C)c(=O)n2C.CCCCNC(=O)Cn1cnc2c1c(=O)n(C)c(=O)n2C.Cn1c(=O)c2c(ncn2CC(=O)NCCCN2CCCCC2)n(C)c1=O.Cn1c(=O)c2c(ncn2CC(=O)NCCCN2CCOCC2)n(C)c1=O. The van der Waals surface area contributed by atoms with Gasteiger partial charge in [-0.3, -0.25) is 98.5 Å². The number of amides is 5. The smallest absolute Gasteiger partial charge is 0.332 e. The summed E-state index contributed by atoms with van der Waals surface area (Å²) in [5, 5.41) is 14.2. The van der Waals surface area contributed by atoms with Gasteiger partial charge in [0.15, 0.2) is 55.8 Å². The number of ether oxygens (including phenoxy) is 1. The van der Waals surface area contributed by atoms with Gasteiger partial charge < -0.3 is 59.1 Å². The number of imidazole rings is 5. The van der Waals surface area contributed by atoms with Gasteiger partial charge >= 0.3 is 28.4 Å². The van der Waals surface area contributed by atoms with Gasteiger partial charge in [0.2, 0.25) is 29.5 Å². The number of rotatable bonds is 29. The summed E-state index contributed by atoms with van der Waals surface area (Å²) in [6, 6.07) is 0. The van der Waals surface area contributed by atoms with Gasteiger partial charge in [0.25, 0.3) is 27.8 Å². The molecule has 10 aromatic rings. The zero-order valence-electron chi connectivity index (χ0n) is 69.2. The van der Waals surface area contributed by atoms with Gasteiger partial charge in [0.1, 0.15) is 32.7 Å². The molecule has 12 rings (SSSR count). The summed E-state index contributed by atoms with van der Waals surface area (Å²) in [4.78, 5) is 206. The van der Waals surface area contributed by atoms with Crippen LogP contribution in [0.15, 0.2) is 79.6 Å². The van der Waals surface area contributed by atoms with Crippen molar-refractivity contribution in [3.63, 3.8) is 0 Å². The molecule has 43 nitrogen and oxygen atoms in total. The summed E-state index contributed by atoms with van der Waals surface area (Å²) in [6.07, 6.45) is 20.8. The molecule has 0 radical (unpaired) electrons. The second-order valence-corrected chi connectivity index (χ2v) is 28.8. The first kappa shape index (κ1) is 98.6. The van der Waals surface area contributed by atoms with Crippen molar-refractivity contribution in [1.29, 1.82) is 0 Å². The Kier molecular flexibility index (Phi) is 38.1. The molecule has 0 saturated carbocycles. The summed E-state index contributed by atoms with van der Waals surface area (Å²) in [6.45, 7) is 16.9. The highest BCUT2D eigenvalue weighted by Crippen LogP contribution is 2.12. The van der Waals surface area contributed by atoms with Crippen LogP contribution >= 0.6 is 0 Å². The maximum absolute atomic E-state index is 12.4. The topological polar surface area (TPSA) is 470 Å². The lowest BCUT2D eigenvalue weighted by atomic mass is 10.1. The van der Waals surface area contributed by atoms with E-state index in [1.807, 2.05) is 6.92 Å². The van der Waals surface area contributed by atoms with Gasteiger partial charge in [0.05, 0.1) is 44.9 Å². The van der Waals surface area contributed by atoms with Crippen LogP contribution in [0, 0.1) is 0 Å². The van der Waals surface area contributed by atoms with Gasteiger partial charge in [-0.15, -0.1) is 0 Å². The maximum Gasteiger partial charge on any atom is 0.332 e. The molecular formula is C77H123N27O16. The van der Waals surface area contributed by atoms with E-state index in [2.05, 4.69) is 75.2 Å². The van der Waals surface area contributed by atoms with Crippen LogP contribution in [0.3, 0.4) is 0 Å². The number of aromatic nitrogens is 20. The Hall–Kier alpha value is -12.0. The Morgan fingerprint density at radius 2 is 0.517 bits per heavy atom. The number of aryl methyl sites for hydroxylation is 5. The second kappa shape index (κ2) is 46.4. The van der Waals surface area contributed by atoms with E-state index in [0.29, 0.717) is 32.7 Å². The first-order valence-corrected chi connectivity index (χ1v) is 39.3. The van der Waals surface area contributed by atoms with Gasteiger partial charge in [0, 0.05) is 116 Å². The van der Waals surface area contributed by atoms with Crippen LogP contribution in [-0.2, 0) is 132 Å². The average molecular weight is 1680 g/mol. The van der Waals surface area contributed by atoms with Crippen LogP contribution in [0.5, 0.6) is 0 Å². The zero-order chi connectivity index (χ0) is 85.5. The number of nitrogens with zero attached hydrogens (tertiary/aromatic N) is 22. The summed E-state index contributed by atoms with van der Waals surface area (Å²) < 4.78 is 24.3. The number of hydrogen-bond acceptors (Lipinski definition) is 23. The summed E-state index contributed by atoms with van der Waals surface area (Å²) >= 11 is 0. The van der Waals surface area contributed by atoms with E-state index >= 15 is 0 Å². The molecule has 662 valence electrons. The lowest BCUT2D eigenvalue weighted by molar-refractivity contribution is -0.122. The number of likely N-dealkylation sites (tertiary alicyclic amines) is 1. The molecule has 2 aliphatic heterocycles. The molecule has 43 heteroatoms. The van der Waals surface area contributed by atoms with E-state index in [1.54, 1.807) is 35.2 Å². The molecule has 2 saturated heterocycles. The number of morpholine rings is 1. The quantitative estimate of drug-likeness (QED) is 0.0331. The van der Waals surface area contributed by atoms with E-state index in [4.69, 9.17) is 4.74 Å². The molecule has 5 amide bonds. The van der Waals surface area contributed by atoms with Crippen molar-refractivity contribution in [1.82, 2.24) is 130 Å². The van der Waals surface area contributed by atoms with E-state index in [9.17, 15) is 71.9 Å². The van der Waals surface area contributed by atoms with Crippen molar-refractivity contribution in [2.75, 3.05) is 85.2 Å². The molecule has 12 heterocycles. The molecular weight excluding hydrogens is 1560 g/mol. The fourth-order valence-corrected chi connectivity index (χ4v) is 13.3. The molecule has 0 aliphatic carbocycles. The molecule has 0 unspecified atom stereocenters. The van der Waals surface area contributed by atoms with Crippen molar-refractivity contribution >= 4 is 85.4 Å². The maximum atomic E-state index is 12.4. The zero-order valence-corrected chi connectivity index (χ0v) is 69.2. The first-order valence-electron chi connectivity index (χ1n) is 39.3. The number of carbonyl (C=O) groups is 5.